The van der Waals surface area contributed by atoms with E-state index >= 15 is 0 Å². The molecule has 0 aliphatic heterocycles. The summed E-state index contributed by atoms with van der Waals surface area (Å²) in [5, 5.41) is 4.05. The van der Waals surface area contributed by atoms with Crippen LogP contribution in [0.3, 0.4) is 0 Å². The molecule has 0 atom stereocenters. The maximum absolute atomic E-state index is 6.17. The molecule has 0 aromatic heterocycles. The second-order valence-electron chi connectivity index (χ2n) is 6.24. The van der Waals surface area contributed by atoms with Crippen LogP contribution in [0.15, 0.2) is 68.0 Å². The van der Waals surface area contributed by atoms with E-state index in [1.54, 1.807) is 0 Å². The van der Waals surface area contributed by atoms with E-state index < -0.39 is 0 Å². The van der Waals surface area contributed by atoms with Crippen molar-refractivity contribution in [1.29, 1.82) is 0 Å². The fourth-order valence-electron chi connectivity index (χ4n) is 2.67. The molecule has 29 heavy (non-hydrogen) atoms. The van der Waals surface area contributed by atoms with Gasteiger partial charge >= 0.3 is 0 Å². The number of benzene rings is 3. The summed E-state index contributed by atoms with van der Waals surface area (Å²) in [7, 11) is 0. The number of nitrogens with one attached hydrogen (secondary N) is 1. The number of hydrogen-bond donors (Lipinski definition) is 1. The van der Waals surface area contributed by atoms with E-state index in [1.165, 1.54) is 0 Å². The van der Waals surface area contributed by atoms with E-state index in [4.69, 9.17) is 21.1 Å². The second-order valence-corrected chi connectivity index (χ2v) is 9.27. The Morgan fingerprint density at radius 2 is 1.62 bits per heavy atom. The summed E-state index contributed by atoms with van der Waals surface area (Å²) in [6.45, 7) is 3.60. The van der Waals surface area contributed by atoms with Gasteiger partial charge in [-0.2, -0.15) is 0 Å². The Kier molecular flexibility index (Phi) is 8.30. The SMILES string of the molecule is CCOc1cc(CNc2ccc(Br)c(Cl)c2)cc(Br)c1OCc1ccc(Br)cc1. The number of hydrogen-bond acceptors (Lipinski definition) is 3. The molecule has 0 unspecified atom stereocenters. The number of halogens is 4. The lowest BCUT2D eigenvalue weighted by Gasteiger charge is -2.16. The van der Waals surface area contributed by atoms with Crippen LogP contribution in [0.4, 0.5) is 5.69 Å². The second kappa shape index (κ2) is 10.7. The van der Waals surface area contributed by atoms with E-state index in [1.807, 2.05) is 61.5 Å². The maximum atomic E-state index is 6.17. The molecule has 0 saturated heterocycles. The molecule has 0 aliphatic carbocycles. The molecule has 0 fully saturated rings. The number of anilines is 1. The lowest BCUT2D eigenvalue weighted by Crippen LogP contribution is -2.04. The molecule has 0 heterocycles. The molecule has 0 aliphatic rings. The van der Waals surface area contributed by atoms with Crippen LogP contribution in [0.2, 0.25) is 5.02 Å². The molecular formula is C22H19Br3ClNO2. The van der Waals surface area contributed by atoms with Gasteiger partial charge in [-0.15, -0.1) is 0 Å². The zero-order valence-electron chi connectivity index (χ0n) is 15.6. The first-order chi connectivity index (χ1) is 14.0. The van der Waals surface area contributed by atoms with Crippen molar-refractivity contribution in [2.45, 2.75) is 20.1 Å². The van der Waals surface area contributed by atoms with E-state index in [0.29, 0.717) is 36.3 Å². The van der Waals surface area contributed by atoms with Crippen molar-refractivity contribution in [3.05, 3.63) is 84.2 Å². The molecule has 0 bridgehead atoms. The van der Waals surface area contributed by atoms with Gasteiger partial charge in [0.05, 0.1) is 16.1 Å². The molecule has 0 saturated carbocycles. The number of rotatable bonds is 8. The smallest absolute Gasteiger partial charge is 0.175 e. The third-order valence-electron chi connectivity index (χ3n) is 4.08. The Morgan fingerprint density at radius 1 is 0.862 bits per heavy atom. The van der Waals surface area contributed by atoms with Gasteiger partial charge in [-0.25, -0.2) is 0 Å². The first-order valence-corrected chi connectivity index (χ1v) is 11.7. The summed E-state index contributed by atoms with van der Waals surface area (Å²) in [6, 6.07) is 17.9. The van der Waals surface area contributed by atoms with E-state index in [9.17, 15) is 0 Å². The molecule has 0 amide bonds. The zero-order chi connectivity index (χ0) is 20.8. The van der Waals surface area contributed by atoms with Gasteiger partial charge in [0.1, 0.15) is 6.61 Å². The van der Waals surface area contributed by atoms with Crippen molar-refractivity contribution in [2.75, 3.05) is 11.9 Å². The Hall–Kier alpha value is -1.21. The molecule has 3 aromatic carbocycles. The largest absolute Gasteiger partial charge is 0.490 e. The van der Waals surface area contributed by atoms with Crippen molar-refractivity contribution < 1.29 is 9.47 Å². The van der Waals surface area contributed by atoms with Gasteiger partial charge in [0.25, 0.3) is 0 Å². The summed E-state index contributed by atoms with van der Waals surface area (Å²) < 4.78 is 14.7. The standard InChI is InChI=1S/C22H19Br3ClNO2/c1-2-28-21-10-15(12-27-17-7-8-18(24)20(26)11-17)9-19(25)22(21)29-13-14-3-5-16(23)6-4-14/h3-11,27H,2,12-13H2,1H3. The summed E-state index contributed by atoms with van der Waals surface area (Å²) in [5.41, 5.74) is 3.10. The predicted molar refractivity (Wildman–Crippen MR) is 130 cm³/mol. The molecule has 3 nitrogen and oxygen atoms in total. The van der Waals surface area contributed by atoms with Crippen LogP contribution in [0, 0.1) is 0 Å². The average molecular weight is 605 g/mol. The third kappa shape index (κ3) is 6.38. The highest BCUT2D eigenvalue weighted by Gasteiger charge is 2.13. The molecule has 1 N–H and O–H groups in total. The van der Waals surface area contributed by atoms with E-state index in [2.05, 4.69) is 53.1 Å². The minimum Gasteiger partial charge on any atom is -0.490 e. The van der Waals surface area contributed by atoms with Crippen LogP contribution in [0.5, 0.6) is 11.5 Å². The van der Waals surface area contributed by atoms with E-state index in [-0.39, 0.29) is 0 Å². The molecule has 7 heteroatoms. The fourth-order valence-corrected chi connectivity index (χ4v) is 3.97. The number of ether oxygens (including phenoxy) is 2. The van der Waals surface area contributed by atoms with Gasteiger partial charge in [0.15, 0.2) is 11.5 Å². The average Bonchev–Trinajstić information content (AvgIpc) is 2.70. The van der Waals surface area contributed by atoms with Crippen LogP contribution in [-0.4, -0.2) is 6.61 Å². The quantitative estimate of drug-likeness (QED) is 0.281. The van der Waals surface area contributed by atoms with Crippen LogP contribution >= 0.6 is 59.4 Å². The van der Waals surface area contributed by atoms with Gasteiger partial charge in [-0.3, -0.25) is 0 Å². The normalized spacial score (nSPS) is 10.7. The van der Waals surface area contributed by atoms with Crippen molar-refractivity contribution in [3.63, 3.8) is 0 Å². The highest BCUT2D eigenvalue weighted by Crippen LogP contribution is 2.38. The lowest BCUT2D eigenvalue weighted by atomic mass is 10.2. The Balaban J connectivity index is 1.74. The summed E-state index contributed by atoms with van der Waals surface area (Å²) in [5.74, 6) is 1.41. The summed E-state index contributed by atoms with van der Waals surface area (Å²) in [6.07, 6.45) is 0. The first-order valence-electron chi connectivity index (χ1n) is 8.97. The Bertz CT molecular complexity index is 981. The molecule has 0 radical (unpaired) electrons. The highest BCUT2D eigenvalue weighted by atomic mass is 79.9. The summed E-state index contributed by atoms with van der Waals surface area (Å²) in [4.78, 5) is 0. The van der Waals surface area contributed by atoms with Gasteiger partial charge < -0.3 is 14.8 Å². The topological polar surface area (TPSA) is 30.5 Å². The molecule has 0 spiro atoms. The van der Waals surface area contributed by atoms with Gasteiger partial charge in [0.2, 0.25) is 0 Å². The van der Waals surface area contributed by atoms with Crippen molar-refractivity contribution >= 4 is 65.1 Å². The van der Waals surface area contributed by atoms with Gasteiger partial charge in [-0.05, 0) is 92.4 Å². The van der Waals surface area contributed by atoms with Crippen LogP contribution in [0.25, 0.3) is 0 Å². The van der Waals surface area contributed by atoms with Crippen molar-refractivity contribution in [2.24, 2.45) is 0 Å². The third-order valence-corrected chi connectivity index (χ3v) is 6.43. The fraction of sp³-hybridized carbons (Fsp3) is 0.182. The summed E-state index contributed by atoms with van der Waals surface area (Å²) >= 11 is 16.7. The highest BCUT2D eigenvalue weighted by molar-refractivity contribution is 9.11. The van der Waals surface area contributed by atoms with Crippen molar-refractivity contribution in [3.8, 4) is 11.5 Å². The molecule has 3 aromatic rings. The minimum atomic E-state index is 0.459. The lowest BCUT2D eigenvalue weighted by molar-refractivity contribution is 0.267. The molecule has 3 rings (SSSR count). The molecular weight excluding hydrogens is 585 g/mol. The minimum absolute atomic E-state index is 0.459. The monoisotopic (exact) mass is 601 g/mol. The Labute approximate surface area is 201 Å². The first kappa shape index (κ1) is 22.5. The van der Waals surface area contributed by atoms with Crippen LogP contribution < -0.4 is 14.8 Å². The van der Waals surface area contributed by atoms with Gasteiger partial charge in [0, 0.05) is 21.2 Å². The van der Waals surface area contributed by atoms with Crippen LogP contribution in [0.1, 0.15) is 18.1 Å². The molecule has 152 valence electrons. The predicted octanol–water partition coefficient (Wildman–Crippen LogP) is 8.22. The van der Waals surface area contributed by atoms with Gasteiger partial charge in [-0.1, -0.05) is 39.7 Å². The maximum Gasteiger partial charge on any atom is 0.175 e. The van der Waals surface area contributed by atoms with Crippen LogP contribution in [-0.2, 0) is 13.2 Å². The zero-order valence-corrected chi connectivity index (χ0v) is 21.2. The van der Waals surface area contributed by atoms with E-state index in [0.717, 1.165) is 30.2 Å². The van der Waals surface area contributed by atoms with Crippen molar-refractivity contribution in [1.82, 2.24) is 0 Å². The Morgan fingerprint density at radius 3 is 2.31 bits per heavy atom.